The van der Waals surface area contributed by atoms with E-state index in [1.54, 1.807) is 0 Å². The van der Waals surface area contributed by atoms with E-state index in [2.05, 4.69) is 32.2 Å². The van der Waals surface area contributed by atoms with Crippen LogP contribution in [0.1, 0.15) is 58.1 Å². The van der Waals surface area contributed by atoms with Crippen LogP contribution in [0.15, 0.2) is 24.3 Å². The minimum Gasteiger partial charge on any atom is -0.369 e. The van der Waals surface area contributed by atoms with Gasteiger partial charge in [-0.05, 0) is 43.7 Å². The van der Waals surface area contributed by atoms with Gasteiger partial charge in [0.15, 0.2) is 0 Å². The number of benzene rings is 1. The van der Waals surface area contributed by atoms with Crippen molar-refractivity contribution in [3.63, 3.8) is 0 Å². The number of ether oxygens (including phenoxy) is 1. The van der Waals surface area contributed by atoms with E-state index in [4.69, 9.17) is 16.3 Å². The molecule has 1 fully saturated rings. The smallest absolute Gasteiger partial charge is 0.0967 e. The van der Waals surface area contributed by atoms with Crippen LogP contribution in [0, 0.1) is 5.41 Å². The zero-order valence-corrected chi connectivity index (χ0v) is 14.2. The Labute approximate surface area is 134 Å². The van der Waals surface area contributed by atoms with Crippen LogP contribution >= 0.6 is 11.6 Å². The lowest BCUT2D eigenvalue weighted by atomic mass is 9.76. The highest BCUT2D eigenvalue weighted by Crippen LogP contribution is 2.38. The molecule has 0 heterocycles. The van der Waals surface area contributed by atoms with Crippen molar-refractivity contribution in [1.29, 1.82) is 0 Å². The van der Waals surface area contributed by atoms with Gasteiger partial charge in [-0.2, -0.15) is 0 Å². The molecule has 0 bridgehead atoms. The zero-order chi connectivity index (χ0) is 15.3. The molecule has 1 aromatic carbocycles. The highest BCUT2D eigenvalue weighted by Gasteiger charge is 2.29. The van der Waals surface area contributed by atoms with Crippen LogP contribution in [-0.2, 0) is 4.74 Å². The predicted octanol–water partition coefficient (Wildman–Crippen LogP) is 4.98. The molecule has 1 saturated carbocycles. The first-order chi connectivity index (χ1) is 10.0. The monoisotopic (exact) mass is 309 g/mol. The molecular weight excluding hydrogens is 282 g/mol. The summed E-state index contributed by atoms with van der Waals surface area (Å²) in [4.78, 5) is 0. The second-order valence-electron chi connectivity index (χ2n) is 6.82. The third-order valence-electron chi connectivity index (χ3n) is 4.47. The number of nitrogens with one attached hydrogen (secondary N) is 1. The SMILES string of the molecule is CCNCC(OC1CCC(C)(C)CC1)c1ccccc1Cl. The topological polar surface area (TPSA) is 21.3 Å². The molecule has 1 unspecified atom stereocenters. The largest absolute Gasteiger partial charge is 0.369 e. The van der Waals surface area contributed by atoms with Gasteiger partial charge in [0.05, 0.1) is 12.2 Å². The van der Waals surface area contributed by atoms with Gasteiger partial charge in [0.1, 0.15) is 0 Å². The molecule has 1 atom stereocenters. The summed E-state index contributed by atoms with van der Waals surface area (Å²) in [6.45, 7) is 8.59. The molecule has 1 N–H and O–H groups in total. The molecular formula is C18H28ClNO. The van der Waals surface area contributed by atoms with Crippen molar-refractivity contribution in [2.45, 2.75) is 58.7 Å². The van der Waals surface area contributed by atoms with E-state index in [1.807, 2.05) is 18.2 Å². The van der Waals surface area contributed by atoms with Gasteiger partial charge < -0.3 is 10.1 Å². The summed E-state index contributed by atoms with van der Waals surface area (Å²) in [5.74, 6) is 0. The fourth-order valence-electron chi connectivity index (χ4n) is 2.98. The lowest BCUT2D eigenvalue weighted by Gasteiger charge is -2.36. The van der Waals surface area contributed by atoms with Crippen molar-refractivity contribution < 1.29 is 4.74 Å². The second-order valence-corrected chi connectivity index (χ2v) is 7.22. The molecule has 0 amide bonds. The Hall–Kier alpha value is -0.570. The van der Waals surface area contributed by atoms with Gasteiger partial charge in [-0.1, -0.05) is 50.6 Å². The quantitative estimate of drug-likeness (QED) is 0.800. The van der Waals surface area contributed by atoms with E-state index < -0.39 is 0 Å². The highest BCUT2D eigenvalue weighted by molar-refractivity contribution is 6.31. The average molecular weight is 310 g/mol. The first-order valence-electron chi connectivity index (χ1n) is 8.12. The van der Waals surface area contributed by atoms with Gasteiger partial charge >= 0.3 is 0 Å². The molecule has 1 aromatic rings. The third kappa shape index (κ3) is 4.98. The van der Waals surface area contributed by atoms with E-state index in [-0.39, 0.29) is 6.10 Å². The lowest BCUT2D eigenvalue weighted by Crippen LogP contribution is -2.31. The molecule has 2 rings (SSSR count). The van der Waals surface area contributed by atoms with Crippen molar-refractivity contribution in [3.05, 3.63) is 34.9 Å². The second kappa shape index (κ2) is 7.62. The maximum atomic E-state index is 6.41. The summed E-state index contributed by atoms with van der Waals surface area (Å²) >= 11 is 6.35. The van der Waals surface area contributed by atoms with Crippen LogP contribution in [0.2, 0.25) is 5.02 Å². The number of likely N-dealkylation sites (N-methyl/N-ethyl adjacent to an activating group) is 1. The molecule has 0 aliphatic heterocycles. The van der Waals surface area contributed by atoms with Crippen LogP contribution in [0.25, 0.3) is 0 Å². The zero-order valence-electron chi connectivity index (χ0n) is 13.5. The van der Waals surface area contributed by atoms with E-state index in [0.29, 0.717) is 11.5 Å². The first-order valence-corrected chi connectivity index (χ1v) is 8.50. The van der Waals surface area contributed by atoms with E-state index in [9.17, 15) is 0 Å². The van der Waals surface area contributed by atoms with Crippen LogP contribution < -0.4 is 5.32 Å². The van der Waals surface area contributed by atoms with Gasteiger partial charge in [0.25, 0.3) is 0 Å². The van der Waals surface area contributed by atoms with E-state index in [0.717, 1.165) is 36.5 Å². The lowest BCUT2D eigenvalue weighted by molar-refractivity contribution is -0.0458. The van der Waals surface area contributed by atoms with Crippen molar-refractivity contribution in [2.24, 2.45) is 5.41 Å². The van der Waals surface area contributed by atoms with Gasteiger partial charge in [0.2, 0.25) is 0 Å². The minimum absolute atomic E-state index is 0.0462. The van der Waals surface area contributed by atoms with Gasteiger partial charge in [0, 0.05) is 17.1 Å². The maximum absolute atomic E-state index is 6.41. The molecule has 0 saturated heterocycles. The Morgan fingerprint density at radius 3 is 2.57 bits per heavy atom. The highest BCUT2D eigenvalue weighted by atomic mass is 35.5. The molecule has 0 radical (unpaired) electrons. The minimum atomic E-state index is 0.0462. The van der Waals surface area contributed by atoms with Crippen LogP contribution in [-0.4, -0.2) is 19.2 Å². The molecule has 1 aliphatic rings. The Balaban J connectivity index is 2.02. The molecule has 1 aliphatic carbocycles. The molecule has 21 heavy (non-hydrogen) atoms. The molecule has 3 heteroatoms. The van der Waals surface area contributed by atoms with Gasteiger partial charge in [-0.25, -0.2) is 0 Å². The standard InChI is InChI=1S/C18H28ClNO/c1-4-20-13-17(15-7-5-6-8-16(15)19)21-14-9-11-18(2,3)12-10-14/h5-8,14,17,20H,4,9-13H2,1-3H3. The van der Waals surface area contributed by atoms with Crippen molar-refractivity contribution in [1.82, 2.24) is 5.32 Å². The predicted molar refractivity (Wildman–Crippen MR) is 89.9 cm³/mol. The molecule has 2 nitrogen and oxygen atoms in total. The average Bonchev–Trinajstić information content (AvgIpc) is 2.46. The van der Waals surface area contributed by atoms with Crippen LogP contribution in [0.4, 0.5) is 0 Å². The van der Waals surface area contributed by atoms with E-state index in [1.165, 1.54) is 12.8 Å². The number of hydrogen-bond acceptors (Lipinski definition) is 2. The third-order valence-corrected chi connectivity index (χ3v) is 4.82. The normalized spacial score (nSPS) is 20.4. The number of halogens is 1. The number of hydrogen-bond donors (Lipinski definition) is 1. The molecule has 0 spiro atoms. The Bertz CT molecular complexity index is 437. The van der Waals surface area contributed by atoms with Crippen LogP contribution in [0.5, 0.6) is 0 Å². The summed E-state index contributed by atoms with van der Waals surface area (Å²) < 4.78 is 6.41. The Kier molecular flexibility index (Phi) is 6.09. The number of rotatable bonds is 6. The Morgan fingerprint density at radius 2 is 1.95 bits per heavy atom. The van der Waals surface area contributed by atoms with E-state index >= 15 is 0 Å². The summed E-state index contributed by atoms with van der Waals surface area (Å²) in [6.07, 6.45) is 5.20. The van der Waals surface area contributed by atoms with Crippen molar-refractivity contribution >= 4 is 11.6 Å². The summed E-state index contributed by atoms with van der Waals surface area (Å²) in [7, 11) is 0. The maximum Gasteiger partial charge on any atom is 0.0967 e. The van der Waals surface area contributed by atoms with Gasteiger partial charge in [-0.3, -0.25) is 0 Å². The van der Waals surface area contributed by atoms with Crippen molar-refractivity contribution in [3.8, 4) is 0 Å². The van der Waals surface area contributed by atoms with Crippen molar-refractivity contribution in [2.75, 3.05) is 13.1 Å². The van der Waals surface area contributed by atoms with Crippen LogP contribution in [0.3, 0.4) is 0 Å². The summed E-state index contributed by atoms with van der Waals surface area (Å²) in [5.41, 5.74) is 1.58. The summed E-state index contributed by atoms with van der Waals surface area (Å²) in [5, 5.41) is 4.20. The first kappa shape index (κ1) is 16.8. The molecule has 0 aromatic heterocycles. The summed E-state index contributed by atoms with van der Waals surface area (Å²) in [6, 6.07) is 8.03. The fraction of sp³-hybridized carbons (Fsp3) is 0.667. The Morgan fingerprint density at radius 1 is 1.29 bits per heavy atom. The molecule has 118 valence electrons. The van der Waals surface area contributed by atoms with Gasteiger partial charge in [-0.15, -0.1) is 0 Å². The fourth-order valence-corrected chi connectivity index (χ4v) is 3.24.